The Balaban J connectivity index is 1.94. The van der Waals surface area contributed by atoms with Crippen LogP contribution in [0.2, 0.25) is 0 Å². The summed E-state index contributed by atoms with van der Waals surface area (Å²) in [6.07, 6.45) is 0. The minimum absolute atomic E-state index is 0.0866. The predicted octanol–water partition coefficient (Wildman–Crippen LogP) is 4.57. The van der Waals surface area contributed by atoms with Crippen LogP contribution in [0, 0.1) is 6.92 Å². The molecule has 0 radical (unpaired) electrons. The second kappa shape index (κ2) is 6.90. The Morgan fingerprint density at radius 1 is 1.15 bits per heavy atom. The molecule has 0 bridgehead atoms. The van der Waals surface area contributed by atoms with Crippen LogP contribution in [0.4, 0.5) is 11.4 Å². The average Bonchev–Trinajstić information content (AvgIpc) is 2.40. The summed E-state index contributed by atoms with van der Waals surface area (Å²) in [6, 6.07) is 13.4. The van der Waals surface area contributed by atoms with Crippen LogP contribution in [0.3, 0.4) is 0 Å². The first-order valence-corrected chi connectivity index (χ1v) is 7.69. The molecule has 3 nitrogen and oxygen atoms in total. The van der Waals surface area contributed by atoms with Gasteiger partial charge in [-0.25, -0.2) is 0 Å². The van der Waals surface area contributed by atoms with Gasteiger partial charge in [-0.2, -0.15) is 0 Å². The Morgan fingerprint density at radius 3 is 2.65 bits per heavy atom. The van der Waals surface area contributed by atoms with E-state index in [1.54, 1.807) is 0 Å². The summed E-state index contributed by atoms with van der Waals surface area (Å²) in [5.41, 5.74) is 2.81. The second-order valence-corrected chi connectivity index (χ2v) is 6.06. The van der Waals surface area contributed by atoms with E-state index < -0.39 is 0 Å². The van der Waals surface area contributed by atoms with Crippen LogP contribution in [-0.2, 0) is 4.79 Å². The van der Waals surface area contributed by atoms with Gasteiger partial charge in [0.1, 0.15) is 0 Å². The van der Waals surface area contributed by atoms with Crippen LogP contribution in [0.15, 0.2) is 51.4 Å². The summed E-state index contributed by atoms with van der Waals surface area (Å²) in [5, 5.41) is 5.96. The van der Waals surface area contributed by atoms with Crippen LogP contribution in [-0.4, -0.2) is 12.5 Å². The third kappa shape index (κ3) is 4.08. The first kappa shape index (κ1) is 15.1. The van der Waals surface area contributed by atoms with Crippen LogP contribution >= 0.6 is 31.9 Å². The molecule has 0 spiro atoms. The molecule has 0 atom stereocenters. The fourth-order valence-electron chi connectivity index (χ4n) is 1.73. The van der Waals surface area contributed by atoms with Crippen molar-refractivity contribution < 1.29 is 4.79 Å². The van der Waals surface area contributed by atoms with Crippen molar-refractivity contribution in [3.8, 4) is 0 Å². The highest BCUT2D eigenvalue weighted by molar-refractivity contribution is 9.11. The molecular weight excluding hydrogens is 384 g/mol. The molecule has 0 unspecified atom stereocenters. The van der Waals surface area contributed by atoms with Gasteiger partial charge in [0.2, 0.25) is 5.91 Å². The number of halogens is 2. The maximum atomic E-state index is 11.9. The van der Waals surface area contributed by atoms with E-state index in [2.05, 4.69) is 42.5 Å². The van der Waals surface area contributed by atoms with Crippen molar-refractivity contribution in [2.24, 2.45) is 0 Å². The van der Waals surface area contributed by atoms with Gasteiger partial charge in [-0.15, -0.1) is 0 Å². The van der Waals surface area contributed by atoms with E-state index in [1.807, 2.05) is 49.4 Å². The first-order chi connectivity index (χ1) is 9.56. The van der Waals surface area contributed by atoms with E-state index in [1.165, 1.54) is 0 Å². The van der Waals surface area contributed by atoms with Gasteiger partial charge in [0, 0.05) is 20.3 Å². The van der Waals surface area contributed by atoms with Crippen molar-refractivity contribution >= 4 is 49.1 Å². The molecule has 0 saturated heterocycles. The van der Waals surface area contributed by atoms with Gasteiger partial charge in [0.15, 0.2) is 0 Å². The lowest BCUT2D eigenvalue weighted by atomic mass is 10.2. The molecule has 0 aliphatic heterocycles. The Labute approximate surface area is 135 Å². The predicted molar refractivity (Wildman–Crippen MR) is 90.1 cm³/mol. The van der Waals surface area contributed by atoms with Gasteiger partial charge in [-0.3, -0.25) is 4.79 Å². The smallest absolute Gasteiger partial charge is 0.243 e. The molecule has 5 heteroatoms. The van der Waals surface area contributed by atoms with Crippen molar-refractivity contribution in [1.29, 1.82) is 0 Å². The number of hydrogen-bond donors (Lipinski definition) is 2. The number of nitrogens with one attached hydrogen (secondary N) is 2. The van der Waals surface area contributed by atoms with E-state index in [9.17, 15) is 4.79 Å². The lowest BCUT2D eigenvalue weighted by molar-refractivity contribution is -0.114. The van der Waals surface area contributed by atoms with Gasteiger partial charge in [0.05, 0.1) is 6.54 Å². The minimum Gasteiger partial charge on any atom is -0.375 e. The maximum Gasteiger partial charge on any atom is 0.243 e. The number of benzene rings is 2. The van der Waals surface area contributed by atoms with Crippen molar-refractivity contribution in [3.63, 3.8) is 0 Å². The molecule has 0 heterocycles. The van der Waals surface area contributed by atoms with E-state index >= 15 is 0 Å². The highest BCUT2D eigenvalue weighted by Crippen LogP contribution is 2.25. The summed E-state index contributed by atoms with van der Waals surface area (Å²) >= 11 is 6.88. The topological polar surface area (TPSA) is 41.1 Å². The summed E-state index contributed by atoms with van der Waals surface area (Å²) in [6.45, 7) is 2.23. The van der Waals surface area contributed by atoms with Crippen molar-refractivity contribution in [1.82, 2.24) is 0 Å². The Hall–Kier alpha value is -1.33. The number of rotatable bonds is 4. The zero-order valence-electron chi connectivity index (χ0n) is 10.9. The third-order valence-corrected chi connectivity index (χ3v) is 4.29. The first-order valence-electron chi connectivity index (χ1n) is 6.10. The van der Waals surface area contributed by atoms with Crippen molar-refractivity contribution in [3.05, 3.63) is 57.0 Å². The Bertz CT molecular complexity index is 629. The van der Waals surface area contributed by atoms with Gasteiger partial charge in [-0.1, -0.05) is 34.1 Å². The standard InChI is InChI=1S/C15H14Br2N2O/c1-10-4-2-7-13(15(10)17)18-9-14(20)19-12-6-3-5-11(16)8-12/h2-8,18H,9H2,1H3,(H,19,20). The Kier molecular flexibility index (Phi) is 5.20. The average molecular weight is 398 g/mol. The largest absolute Gasteiger partial charge is 0.375 e. The molecule has 2 rings (SSSR count). The summed E-state index contributed by atoms with van der Waals surface area (Å²) in [7, 11) is 0. The van der Waals surface area contributed by atoms with Crippen molar-refractivity contribution in [2.45, 2.75) is 6.92 Å². The fourth-order valence-corrected chi connectivity index (χ4v) is 2.53. The number of aryl methyl sites for hydroxylation is 1. The zero-order chi connectivity index (χ0) is 14.5. The van der Waals surface area contributed by atoms with Gasteiger partial charge in [-0.05, 0) is 52.7 Å². The fraction of sp³-hybridized carbons (Fsp3) is 0.133. The molecule has 0 saturated carbocycles. The van der Waals surface area contributed by atoms with Gasteiger partial charge < -0.3 is 10.6 Å². The number of carbonyl (C=O) groups excluding carboxylic acids is 1. The van der Waals surface area contributed by atoms with E-state index in [4.69, 9.17) is 0 Å². The molecule has 2 aromatic rings. The number of anilines is 2. The normalized spacial score (nSPS) is 10.2. The SMILES string of the molecule is Cc1cccc(NCC(=O)Nc2cccc(Br)c2)c1Br. The summed E-state index contributed by atoms with van der Waals surface area (Å²) in [4.78, 5) is 11.9. The summed E-state index contributed by atoms with van der Waals surface area (Å²) in [5.74, 6) is -0.0866. The molecule has 20 heavy (non-hydrogen) atoms. The summed E-state index contributed by atoms with van der Waals surface area (Å²) < 4.78 is 1.92. The van der Waals surface area contributed by atoms with Crippen LogP contribution in [0.5, 0.6) is 0 Å². The highest BCUT2D eigenvalue weighted by atomic mass is 79.9. The molecule has 1 amide bonds. The minimum atomic E-state index is -0.0866. The number of hydrogen-bond acceptors (Lipinski definition) is 2. The molecule has 0 aromatic heterocycles. The van der Waals surface area contributed by atoms with Crippen LogP contribution in [0.25, 0.3) is 0 Å². The monoisotopic (exact) mass is 396 g/mol. The molecule has 0 aliphatic carbocycles. The van der Waals surface area contributed by atoms with Gasteiger partial charge in [0.25, 0.3) is 0 Å². The molecule has 104 valence electrons. The third-order valence-electron chi connectivity index (χ3n) is 2.74. The maximum absolute atomic E-state index is 11.9. The molecule has 2 aromatic carbocycles. The van der Waals surface area contributed by atoms with E-state index in [0.29, 0.717) is 0 Å². The number of carbonyl (C=O) groups is 1. The highest BCUT2D eigenvalue weighted by Gasteiger charge is 2.05. The zero-order valence-corrected chi connectivity index (χ0v) is 14.1. The quantitative estimate of drug-likeness (QED) is 0.793. The molecule has 2 N–H and O–H groups in total. The Morgan fingerprint density at radius 2 is 1.90 bits per heavy atom. The lowest BCUT2D eigenvalue weighted by Gasteiger charge is -2.10. The number of amides is 1. The van der Waals surface area contributed by atoms with Crippen molar-refractivity contribution in [2.75, 3.05) is 17.2 Å². The van der Waals surface area contributed by atoms with E-state index in [0.717, 1.165) is 25.9 Å². The van der Waals surface area contributed by atoms with Gasteiger partial charge >= 0.3 is 0 Å². The van der Waals surface area contributed by atoms with E-state index in [-0.39, 0.29) is 12.5 Å². The lowest BCUT2D eigenvalue weighted by Crippen LogP contribution is -2.21. The molecule has 0 aliphatic rings. The second-order valence-electron chi connectivity index (χ2n) is 4.35. The molecule has 0 fully saturated rings. The van der Waals surface area contributed by atoms with Crippen LogP contribution < -0.4 is 10.6 Å². The van der Waals surface area contributed by atoms with Crippen LogP contribution in [0.1, 0.15) is 5.56 Å². The molecular formula is C15H14Br2N2O.